The van der Waals surface area contributed by atoms with Gasteiger partial charge >= 0.3 is 0 Å². The van der Waals surface area contributed by atoms with Crippen LogP contribution < -0.4 is 10.1 Å². The Labute approximate surface area is 220 Å². The Balaban J connectivity index is 1.24. The molecule has 1 unspecified atom stereocenters. The number of piperidine rings is 1. The molecule has 1 heterocycles. The Morgan fingerprint density at radius 2 is 1.82 bits per heavy atom. The number of carbonyl (C=O) groups excluding carboxylic acids is 2. The minimum atomic E-state index is -0.913. The second-order valence-corrected chi connectivity index (χ2v) is 10.1. The van der Waals surface area contributed by atoms with Crippen LogP contribution in [-0.4, -0.2) is 42.0 Å². The predicted octanol–water partition coefficient (Wildman–Crippen LogP) is 5.05. The molecule has 1 spiro atoms. The Morgan fingerprint density at radius 1 is 1.05 bits per heavy atom. The van der Waals surface area contributed by atoms with Crippen LogP contribution in [0.5, 0.6) is 11.5 Å². The number of ether oxygens (including phenoxy) is 1. The van der Waals surface area contributed by atoms with E-state index < -0.39 is 11.6 Å². The SMILES string of the molecule is COc1cc(C(=O)N2CCC3(CC2)CC(NC(=O)CCc2ccc(F)c(F)c2)c2ccccc23)ccc1O. The third-order valence-electron chi connectivity index (χ3n) is 7.90. The highest BCUT2D eigenvalue weighted by molar-refractivity contribution is 5.95. The van der Waals surface area contributed by atoms with Crippen molar-refractivity contribution in [1.82, 2.24) is 10.2 Å². The second kappa shape index (κ2) is 10.4. The maximum absolute atomic E-state index is 13.5. The van der Waals surface area contributed by atoms with Gasteiger partial charge in [-0.1, -0.05) is 30.3 Å². The summed E-state index contributed by atoms with van der Waals surface area (Å²) in [7, 11) is 1.45. The van der Waals surface area contributed by atoms with Gasteiger partial charge in [0.25, 0.3) is 5.91 Å². The Kier molecular flexibility index (Phi) is 7.06. The summed E-state index contributed by atoms with van der Waals surface area (Å²) in [4.78, 5) is 27.8. The van der Waals surface area contributed by atoms with Gasteiger partial charge in [0.2, 0.25) is 5.91 Å². The molecule has 3 aromatic carbocycles. The number of aryl methyl sites for hydroxylation is 1. The molecule has 0 saturated carbocycles. The lowest BCUT2D eigenvalue weighted by Gasteiger charge is -2.40. The number of fused-ring (bicyclic) bond motifs is 2. The first-order chi connectivity index (χ1) is 18.3. The highest BCUT2D eigenvalue weighted by Crippen LogP contribution is 2.50. The summed E-state index contributed by atoms with van der Waals surface area (Å²) in [5, 5.41) is 13.0. The van der Waals surface area contributed by atoms with E-state index in [0.717, 1.165) is 37.0 Å². The summed E-state index contributed by atoms with van der Waals surface area (Å²) < 4.78 is 31.8. The maximum Gasteiger partial charge on any atom is 0.253 e. The van der Waals surface area contributed by atoms with Crippen molar-refractivity contribution < 1.29 is 28.2 Å². The van der Waals surface area contributed by atoms with Gasteiger partial charge in [-0.05, 0) is 72.7 Å². The van der Waals surface area contributed by atoms with Crippen LogP contribution in [0, 0.1) is 11.6 Å². The molecule has 6 nitrogen and oxygen atoms in total. The Morgan fingerprint density at radius 3 is 2.55 bits per heavy atom. The molecule has 0 radical (unpaired) electrons. The van der Waals surface area contributed by atoms with E-state index in [-0.39, 0.29) is 41.2 Å². The van der Waals surface area contributed by atoms with Crippen molar-refractivity contribution in [1.29, 1.82) is 0 Å². The van der Waals surface area contributed by atoms with Gasteiger partial charge in [-0.15, -0.1) is 0 Å². The monoisotopic (exact) mass is 520 g/mol. The van der Waals surface area contributed by atoms with Crippen molar-refractivity contribution in [3.8, 4) is 11.5 Å². The Hall–Kier alpha value is -3.94. The molecule has 198 valence electrons. The molecule has 1 fully saturated rings. The van der Waals surface area contributed by atoms with E-state index in [0.29, 0.717) is 30.6 Å². The van der Waals surface area contributed by atoms with Gasteiger partial charge in [0.1, 0.15) is 0 Å². The molecular formula is C30H30F2N2O4. The van der Waals surface area contributed by atoms with Crippen LogP contribution in [0.25, 0.3) is 0 Å². The maximum atomic E-state index is 13.5. The first-order valence-corrected chi connectivity index (χ1v) is 12.8. The molecule has 2 N–H and O–H groups in total. The van der Waals surface area contributed by atoms with Crippen molar-refractivity contribution in [2.24, 2.45) is 0 Å². The summed E-state index contributed by atoms with van der Waals surface area (Å²) in [6.07, 6.45) is 2.79. The molecule has 3 aromatic rings. The lowest BCUT2D eigenvalue weighted by atomic mass is 9.73. The number of nitrogens with zero attached hydrogens (tertiary/aromatic N) is 1. The van der Waals surface area contributed by atoms with Crippen LogP contribution >= 0.6 is 0 Å². The van der Waals surface area contributed by atoms with Gasteiger partial charge in [-0.2, -0.15) is 0 Å². The van der Waals surface area contributed by atoms with E-state index in [1.807, 2.05) is 23.1 Å². The van der Waals surface area contributed by atoms with Crippen LogP contribution in [0.1, 0.15) is 58.8 Å². The smallest absolute Gasteiger partial charge is 0.253 e. The van der Waals surface area contributed by atoms with E-state index >= 15 is 0 Å². The highest BCUT2D eigenvalue weighted by Gasteiger charge is 2.46. The molecule has 5 rings (SSSR count). The Bertz CT molecular complexity index is 1370. The van der Waals surface area contributed by atoms with E-state index in [1.54, 1.807) is 12.1 Å². The number of rotatable bonds is 6. The number of aromatic hydroxyl groups is 1. The minimum Gasteiger partial charge on any atom is -0.504 e. The van der Waals surface area contributed by atoms with Crippen LogP contribution in [0.2, 0.25) is 0 Å². The zero-order valence-corrected chi connectivity index (χ0v) is 21.2. The predicted molar refractivity (Wildman–Crippen MR) is 138 cm³/mol. The van der Waals surface area contributed by atoms with E-state index in [9.17, 15) is 23.5 Å². The summed E-state index contributed by atoms with van der Waals surface area (Å²) in [5.74, 6) is -1.81. The largest absolute Gasteiger partial charge is 0.504 e. The number of halogens is 2. The minimum absolute atomic E-state index is 0.0119. The molecule has 38 heavy (non-hydrogen) atoms. The van der Waals surface area contributed by atoms with Crippen LogP contribution in [0.15, 0.2) is 60.7 Å². The normalized spacial score (nSPS) is 17.8. The fraction of sp³-hybridized carbons (Fsp3) is 0.333. The van der Waals surface area contributed by atoms with Crippen LogP contribution in [-0.2, 0) is 16.6 Å². The number of carbonyl (C=O) groups is 2. The highest BCUT2D eigenvalue weighted by atomic mass is 19.2. The zero-order valence-electron chi connectivity index (χ0n) is 21.2. The fourth-order valence-corrected chi connectivity index (χ4v) is 5.85. The van der Waals surface area contributed by atoms with E-state index in [4.69, 9.17) is 4.74 Å². The number of phenolic OH excluding ortho intramolecular Hbond substituents is 1. The number of likely N-dealkylation sites (tertiary alicyclic amines) is 1. The van der Waals surface area contributed by atoms with Crippen LogP contribution in [0.4, 0.5) is 8.78 Å². The standard InChI is InChI=1S/C30H30F2N2O4/c1-38-27-17-20(8-10-26(27)35)29(37)34-14-12-30(13-15-34)18-25(21-4-2-3-5-22(21)30)33-28(36)11-7-19-6-9-23(31)24(32)16-19/h2-6,8-10,16-17,25,35H,7,11-15,18H2,1H3,(H,33,36). The summed E-state index contributed by atoms with van der Waals surface area (Å²) in [6.45, 7) is 1.15. The van der Waals surface area contributed by atoms with Crippen molar-refractivity contribution >= 4 is 11.8 Å². The molecular weight excluding hydrogens is 490 g/mol. The number of phenols is 1. The lowest BCUT2D eigenvalue weighted by molar-refractivity contribution is -0.121. The molecule has 0 aromatic heterocycles. The third kappa shape index (κ3) is 4.95. The summed E-state index contributed by atoms with van der Waals surface area (Å²) >= 11 is 0. The van der Waals surface area contributed by atoms with Crippen molar-refractivity contribution in [2.75, 3.05) is 20.2 Å². The van der Waals surface area contributed by atoms with Crippen molar-refractivity contribution in [2.45, 2.75) is 43.6 Å². The fourth-order valence-electron chi connectivity index (χ4n) is 5.85. The van der Waals surface area contributed by atoms with Gasteiger partial charge in [0.15, 0.2) is 23.1 Å². The average molecular weight is 521 g/mol. The lowest BCUT2D eigenvalue weighted by Crippen LogP contribution is -2.44. The van der Waals surface area contributed by atoms with Crippen LogP contribution in [0.3, 0.4) is 0 Å². The molecule has 1 saturated heterocycles. The van der Waals surface area contributed by atoms with E-state index in [1.165, 1.54) is 24.8 Å². The molecule has 2 aliphatic rings. The number of nitrogens with one attached hydrogen (secondary N) is 1. The molecule has 2 amide bonds. The number of hydrogen-bond donors (Lipinski definition) is 2. The van der Waals surface area contributed by atoms with Gasteiger partial charge in [-0.25, -0.2) is 8.78 Å². The average Bonchev–Trinajstić information content (AvgIpc) is 3.22. The quantitative estimate of drug-likeness (QED) is 0.477. The van der Waals surface area contributed by atoms with Crippen molar-refractivity contribution in [3.63, 3.8) is 0 Å². The number of methoxy groups -OCH3 is 1. The van der Waals surface area contributed by atoms with Gasteiger partial charge < -0.3 is 20.1 Å². The molecule has 0 bridgehead atoms. The van der Waals surface area contributed by atoms with Gasteiger partial charge in [-0.3, -0.25) is 9.59 Å². The second-order valence-electron chi connectivity index (χ2n) is 10.1. The molecule has 1 aliphatic carbocycles. The van der Waals surface area contributed by atoms with Gasteiger partial charge in [0.05, 0.1) is 13.2 Å². The number of hydrogen-bond acceptors (Lipinski definition) is 4. The third-order valence-corrected chi connectivity index (χ3v) is 7.90. The summed E-state index contributed by atoms with van der Waals surface area (Å²) in [5.41, 5.74) is 3.21. The van der Waals surface area contributed by atoms with Crippen molar-refractivity contribution in [3.05, 3.63) is 94.6 Å². The first kappa shape index (κ1) is 25.7. The summed E-state index contributed by atoms with van der Waals surface area (Å²) in [6, 6.07) is 16.3. The zero-order chi connectivity index (χ0) is 26.9. The van der Waals surface area contributed by atoms with Gasteiger partial charge in [0, 0.05) is 30.5 Å². The molecule has 1 atom stereocenters. The molecule has 1 aliphatic heterocycles. The topological polar surface area (TPSA) is 78.9 Å². The van der Waals surface area contributed by atoms with E-state index in [2.05, 4.69) is 11.4 Å². The number of amides is 2. The number of benzene rings is 3. The first-order valence-electron chi connectivity index (χ1n) is 12.8. The molecule has 8 heteroatoms.